The van der Waals surface area contributed by atoms with Crippen LogP contribution in [0.1, 0.15) is 32.1 Å². The van der Waals surface area contributed by atoms with Gasteiger partial charge in [-0.15, -0.1) is 0 Å². The second-order valence-electron chi connectivity index (χ2n) is 6.63. The van der Waals surface area contributed by atoms with Gasteiger partial charge in [0.25, 0.3) is 0 Å². The lowest BCUT2D eigenvalue weighted by Crippen LogP contribution is -2.56. The fraction of sp³-hybridized carbons (Fsp3) is 0.867. The molecule has 0 radical (unpaired) electrons. The van der Waals surface area contributed by atoms with Crippen LogP contribution in [0.2, 0.25) is 0 Å². The Hall–Kier alpha value is -1.14. The molecular formula is C15H25N3O3. The van der Waals surface area contributed by atoms with Gasteiger partial charge in [-0.1, -0.05) is 19.3 Å². The Morgan fingerprint density at radius 2 is 2.00 bits per heavy atom. The van der Waals surface area contributed by atoms with Crippen molar-refractivity contribution in [3.8, 4) is 0 Å². The molecule has 3 aliphatic rings. The average Bonchev–Trinajstić information content (AvgIpc) is 2.86. The molecule has 0 unspecified atom stereocenters. The van der Waals surface area contributed by atoms with E-state index in [1.807, 2.05) is 0 Å². The third-order valence-electron chi connectivity index (χ3n) is 5.02. The first-order valence-corrected chi connectivity index (χ1v) is 8.05. The molecule has 6 nitrogen and oxygen atoms in total. The number of likely N-dealkylation sites (tertiary alicyclic amines) is 1. The number of nitrogens with zero attached hydrogens (tertiary/aromatic N) is 2. The van der Waals surface area contributed by atoms with Crippen LogP contribution in [0.5, 0.6) is 0 Å². The SMILES string of the molecule is NC(=O)CN1C(=O)CO[C@H]2CN(CC3CCCCC3)C[C@H]21. The maximum absolute atomic E-state index is 11.9. The Morgan fingerprint density at radius 1 is 1.24 bits per heavy atom. The Labute approximate surface area is 125 Å². The van der Waals surface area contributed by atoms with E-state index in [0.717, 1.165) is 25.6 Å². The summed E-state index contributed by atoms with van der Waals surface area (Å²) in [5.74, 6) is 0.212. The van der Waals surface area contributed by atoms with Crippen molar-refractivity contribution < 1.29 is 14.3 Å². The number of amides is 2. The zero-order chi connectivity index (χ0) is 14.8. The first-order chi connectivity index (χ1) is 10.1. The highest BCUT2D eigenvalue weighted by Gasteiger charge is 2.43. The molecule has 1 saturated carbocycles. The summed E-state index contributed by atoms with van der Waals surface area (Å²) in [6.07, 6.45) is 6.71. The van der Waals surface area contributed by atoms with Gasteiger partial charge in [0.05, 0.1) is 18.7 Å². The summed E-state index contributed by atoms with van der Waals surface area (Å²) in [5, 5.41) is 0. The quantitative estimate of drug-likeness (QED) is 0.790. The van der Waals surface area contributed by atoms with Crippen molar-refractivity contribution >= 4 is 11.8 Å². The van der Waals surface area contributed by atoms with Crippen molar-refractivity contribution in [1.82, 2.24) is 9.80 Å². The predicted molar refractivity (Wildman–Crippen MR) is 77.5 cm³/mol. The number of nitrogens with two attached hydrogens (primary N) is 1. The number of fused-ring (bicyclic) bond motifs is 1. The van der Waals surface area contributed by atoms with Crippen LogP contribution in [-0.2, 0) is 14.3 Å². The van der Waals surface area contributed by atoms with Gasteiger partial charge in [0.2, 0.25) is 11.8 Å². The van der Waals surface area contributed by atoms with E-state index >= 15 is 0 Å². The topological polar surface area (TPSA) is 75.9 Å². The fourth-order valence-electron chi connectivity index (χ4n) is 4.00. The van der Waals surface area contributed by atoms with Crippen LogP contribution < -0.4 is 5.73 Å². The van der Waals surface area contributed by atoms with Gasteiger partial charge in [0.1, 0.15) is 6.61 Å². The van der Waals surface area contributed by atoms with Gasteiger partial charge in [-0.3, -0.25) is 14.5 Å². The summed E-state index contributed by atoms with van der Waals surface area (Å²) in [6, 6.07) is -0.0117. The number of hydrogen-bond donors (Lipinski definition) is 1. The summed E-state index contributed by atoms with van der Waals surface area (Å²) < 4.78 is 5.66. The van der Waals surface area contributed by atoms with Crippen LogP contribution in [-0.4, -0.2) is 66.5 Å². The zero-order valence-electron chi connectivity index (χ0n) is 12.5. The van der Waals surface area contributed by atoms with E-state index < -0.39 is 5.91 Å². The lowest BCUT2D eigenvalue weighted by Gasteiger charge is -2.35. The van der Waals surface area contributed by atoms with Crippen molar-refractivity contribution in [2.75, 3.05) is 32.8 Å². The molecule has 0 aromatic carbocycles. The predicted octanol–water partition coefficient (Wildman–Crippen LogP) is -0.0364. The molecule has 2 heterocycles. The molecule has 21 heavy (non-hydrogen) atoms. The van der Waals surface area contributed by atoms with Crippen LogP contribution in [0, 0.1) is 5.92 Å². The molecule has 118 valence electrons. The molecule has 2 N–H and O–H groups in total. The maximum atomic E-state index is 11.9. The van der Waals surface area contributed by atoms with Crippen LogP contribution in [0.3, 0.4) is 0 Å². The number of hydrogen-bond acceptors (Lipinski definition) is 4. The summed E-state index contributed by atoms with van der Waals surface area (Å²) in [7, 11) is 0. The molecule has 0 aromatic rings. The van der Waals surface area contributed by atoms with Gasteiger partial charge in [-0.05, 0) is 18.8 Å². The first-order valence-electron chi connectivity index (χ1n) is 8.05. The largest absolute Gasteiger partial charge is 0.368 e. The van der Waals surface area contributed by atoms with Gasteiger partial charge >= 0.3 is 0 Å². The molecule has 1 aliphatic carbocycles. The second kappa shape index (κ2) is 6.32. The standard InChI is InChI=1S/C15H25N3O3/c16-14(19)9-18-12-7-17(6-11-4-2-1-3-5-11)8-13(12)21-10-15(18)20/h11-13H,1-10H2,(H2,16,19)/t12-,13+/m1/s1. The van der Waals surface area contributed by atoms with E-state index in [0.29, 0.717) is 0 Å². The average molecular weight is 295 g/mol. The van der Waals surface area contributed by atoms with Crippen molar-refractivity contribution in [2.45, 2.75) is 44.2 Å². The van der Waals surface area contributed by atoms with Crippen LogP contribution >= 0.6 is 0 Å². The summed E-state index contributed by atoms with van der Waals surface area (Å²) >= 11 is 0. The number of ether oxygens (including phenoxy) is 1. The van der Waals surface area contributed by atoms with Crippen LogP contribution in [0.25, 0.3) is 0 Å². The molecule has 2 atom stereocenters. The number of morpholine rings is 1. The van der Waals surface area contributed by atoms with Gasteiger partial charge < -0.3 is 15.4 Å². The van der Waals surface area contributed by atoms with Gasteiger partial charge in [-0.2, -0.15) is 0 Å². The molecule has 2 saturated heterocycles. The van der Waals surface area contributed by atoms with Crippen LogP contribution in [0.4, 0.5) is 0 Å². The molecule has 0 bridgehead atoms. The summed E-state index contributed by atoms with van der Waals surface area (Å²) in [6.45, 7) is 2.85. The van der Waals surface area contributed by atoms with Gasteiger partial charge in [0, 0.05) is 19.6 Å². The van der Waals surface area contributed by atoms with Crippen molar-refractivity contribution in [3.63, 3.8) is 0 Å². The molecule has 3 fully saturated rings. The van der Waals surface area contributed by atoms with E-state index in [1.54, 1.807) is 4.90 Å². The second-order valence-corrected chi connectivity index (χ2v) is 6.63. The number of primary amides is 1. The number of rotatable bonds is 4. The Balaban J connectivity index is 1.59. The summed E-state index contributed by atoms with van der Waals surface area (Å²) in [4.78, 5) is 27.1. The number of carbonyl (C=O) groups is 2. The van der Waals surface area contributed by atoms with Crippen molar-refractivity contribution in [1.29, 1.82) is 0 Å². The Morgan fingerprint density at radius 3 is 2.71 bits per heavy atom. The first kappa shape index (κ1) is 14.8. The number of carbonyl (C=O) groups excluding carboxylic acids is 2. The lowest BCUT2D eigenvalue weighted by molar-refractivity contribution is -0.155. The molecule has 6 heteroatoms. The van der Waals surface area contributed by atoms with Gasteiger partial charge in [-0.25, -0.2) is 0 Å². The molecule has 2 aliphatic heterocycles. The van der Waals surface area contributed by atoms with E-state index in [-0.39, 0.29) is 31.2 Å². The molecule has 0 aromatic heterocycles. The normalized spacial score (nSPS) is 31.4. The minimum atomic E-state index is -0.449. The Kier molecular flexibility index (Phi) is 4.45. The summed E-state index contributed by atoms with van der Waals surface area (Å²) in [5.41, 5.74) is 5.27. The zero-order valence-corrected chi connectivity index (χ0v) is 12.5. The molecule has 3 rings (SSSR count). The highest BCUT2D eigenvalue weighted by atomic mass is 16.5. The highest BCUT2D eigenvalue weighted by molar-refractivity contribution is 5.85. The van der Waals surface area contributed by atoms with Gasteiger partial charge in [0.15, 0.2) is 0 Å². The molecule has 2 amide bonds. The third kappa shape index (κ3) is 3.37. The monoisotopic (exact) mass is 295 g/mol. The van der Waals surface area contributed by atoms with Crippen LogP contribution in [0.15, 0.2) is 0 Å². The third-order valence-corrected chi connectivity index (χ3v) is 5.02. The van der Waals surface area contributed by atoms with Crippen molar-refractivity contribution in [3.05, 3.63) is 0 Å². The smallest absolute Gasteiger partial charge is 0.249 e. The van der Waals surface area contributed by atoms with Crippen molar-refractivity contribution in [2.24, 2.45) is 11.7 Å². The minimum absolute atomic E-state index is 0.0117. The van der Waals surface area contributed by atoms with E-state index in [4.69, 9.17) is 10.5 Å². The van der Waals surface area contributed by atoms with E-state index in [9.17, 15) is 9.59 Å². The maximum Gasteiger partial charge on any atom is 0.249 e. The van der Waals surface area contributed by atoms with E-state index in [1.165, 1.54) is 32.1 Å². The van der Waals surface area contributed by atoms with E-state index in [2.05, 4.69) is 4.90 Å². The molecule has 0 spiro atoms. The fourth-order valence-corrected chi connectivity index (χ4v) is 4.00. The minimum Gasteiger partial charge on any atom is -0.368 e. The Bertz CT molecular complexity index is 409. The lowest BCUT2D eigenvalue weighted by atomic mass is 9.89. The molecular weight excluding hydrogens is 270 g/mol. The highest BCUT2D eigenvalue weighted by Crippen LogP contribution is 2.28.